The molecule has 0 radical (unpaired) electrons. The fraction of sp³-hybridized carbons (Fsp3) is 0.588. The molecule has 0 aromatic heterocycles. The molecule has 0 unspecified atom stereocenters. The molecule has 0 saturated heterocycles. The minimum atomic E-state index is -0.453. The van der Waals surface area contributed by atoms with Crippen LogP contribution in [0.15, 0.2) is 24.3 Å². The molecule has 0 fully saturated rings. The molecule has 0 aliphatic heterocycles. The van der Waals surface area contributed by atoms with Crippen molar-refractivity contribution in [2.45, 2.75) is 45.8 Å². The second kappa shape index (κ2) is 8.63. The minimum Gasteiger partial charge on any atom is -0.497 e. The number of rotatable bonds is 7. The molecule has 1 aromatic rings. The standard InChI is InChI=1S/C17H28N2O3/c1-13(14-7-9-15(21-5)10-8-14)18-11-6-12-19-16(20)22-17(2,3)4/h7-10,13,18H,6,11-12H2,1-5H3,(H,19,20)/t13-/m0/s1. The minimum absolute atomic E-state index is 0.257. The van der Waals surface area contributed by atoms with E-state index >= 15 is 0 Å². The van der Waals surface area contributed by atoms with E-state index in [4.69, 9.17) is 9.47 Å². The van der Waals surface area contributed by atoms with Crippen molar-refractivity contribution in [1.82, 2.24) is 10.6 Å². The van der Waals surface area contributed by atoms with E-state index in [1.807, 2.05) is 32.9 Å². The number of carbonyl (C=O) groups is 1. The van der Waals surface area contributed by atoms with Gasteiger partial charge >= 0.3 is 6.09 Å². The first-order valence-corrected chi connectivity index (χ1v) is 7.66. The Morgan fingerprint density at radius 2 is 1.82 bits per heavy atom. The van der Waals surface area contributed by atoms with Gasteiger partial charge in [-0.1, -0.05) is 12.1 Å². The zero-order valence-electron chi connectivity index (χ0n) is 14.2. The second-order valence-electron chi connectivity index (χ2n) is 6.23. The van der Waals surface area contributed by atoms with Crippen molar-refractivity contribution >= 4 is 6.09 Å². The van der Waals surface area contributed by atoms with Crippen LogP contribution in [0.2, 0.25) is 0 Å². The van der Waals surface area contributed by atoms with Gasteiger partial charge in [-0.25, -0.2) is 4.79 Å². The summed E-state index contributed by atoms with van der Waals surface area (Å²) in [4.78, 5) is 11.5. The molecule has 1 atom stereocenters. The van der Waals surface area contributed by atoms with Crippen LogP contribution in [0.3, 0.4) is 0 Å². The van der Waals surface area contributed by atoms with Crippen LogP contribution in [0.1, 0.15) is 45.7 Å². The number of amides is 1. The van der Waals surface area contributed by atoms with Gasteiger partial charge in [0.1, 0.15) is 11.4 Å². The van der Waals surface area contributed by atoms with Crippen molar-refractivity contribution in [3.63, 3.8) is 0 Å². The Bertz CT molecular complexity index is 452. The van der Waals surface area contributed by atoms with Crippen LogP contribution in [0, 0.1) is 0 Å². The molecule has 5 heteroatoms. The lowest BCUT2D eigenvalue weighted by Gasteiger charge is -2.20. The fourth-order valence-corrected chi connectivity index (χ4v) is 1.92. The highest BCUT2D eigenvalue weighted by Crippen LogP contribution is 2.17. The van der Waals surface area contributed by atoms with E-state index in [0.29, 0.717) is 6.54 Å². The number of alkyl carbamates (subject to hydrolysis) is 1. The highest BCUT2D eigenvalue weighted by atomic mass is 16.6. The van der Waals surface area contributed by atoms with Gasteiger partial charge in [-0.3, -0.25) is 0 Å². The summed E-state index contributed by atoms with van der Waals surface area (Å²) >= 11 is 0. The van der Waals surface area contributed by atoms with E-state index in [-0.39, 0.29) is 12.1 Å². The topological polar surface area (TPSA) is 59.6 Å². The van der Waals surface area contributed by atoms with Gasteiger partial charge in [0.05, 0.1) is 7.11 Å². The van der Waals surface area contributed by atoms with Gasteiger partial charge in [0.15, 0.2) is 0 Å². The summed E-state index contributed by atoms with van der Waals surface area (Å²) < 4.78 is 10.3. The predicted molar refractivity (Wildman–Crippen MR) is 88.3 cm³/mol. The third-order valence-electron chi connectivity index (χ3n) is 3.09. The number of carbonyl (C=O) groups excluding carboxylic acids is 1. The summed E-state index contributed by atoms with van der Waals surface area (Å²) in [5.41, 5.74) is 0.756. The molecule has 0 saturated carbocycles. The maximum absolute atomic E-state index is 11.5. The number of hydrogen-bond donors (Lipinski definition) is 2. The van der Waals surface area contributed by atoms with Gasteiger partial charge in [-0.05, 0) is 58.4 Å². The molecule has 22 heavy (non-hydrogen) atoms. The Morgan fingerprint density at radius 1 is 1.18 bits per heavy atom. The molecular formula is C17H28N2O3. The first-order valence-electron chi connectivity index (χ1n) is 7.66. The third-order valence-corrected chi connectivity index (χ3v) is 3.09. The van der Waals surface area contributed by atoms with E-state index in [9.17, 15) is 4.79 Å². The van der Waals surface area contributed by atoms with Gasteiger partial charge in [-0.2, -0.15) is 0 Å². The first kappa shape index (κ1) is 18.3. The summed E-state index contributed by atoms with van der Waals surface area (Å²) in [6.45, 7) is 9.09. The highest BCUT2D eigenvalue weighted by molar-refractivity contribution is 5.67. The average Bonchev–Trinajstić information content (AvgIpc) is 2.45. The van der Waals surface area contributed by atoms with Gasteiger partial charge in [0.25, 0.3) is 0 Å². The van der Waals surface area contributed by atoms with Crippen LogP contribution in [-0.4, -0.2) is 31.9 Å². The molecule has 1 rings (SSSR count). The first-order chi connectivity index (χ1) is 10.3. The molecule has 0 aliphatic rings. The smallest absolute Gasteiger partial charge is 0.407 e. The summed E-state index contributed by atoms with van der Waals surface area (Å²) in [5.74, 6) is 0.859. The Labute approximate surface area is 133 Å². The SMILES string of the molecule is COc1ccc([C@H](C)NCCCNC(=O)OC(C)(C)C)cc1. The van der Waals surface area contributed by atoms with Crippen molar-refractivity contribution in [3.05, 3.63) is 29.8 Å². The Balaban J connectivity index is 2.19. The van der Waals surface area contributed by atoms with Crippen molar-refractivity contribution in [2.24, 2.45) is 0 Å². The average molecular weight is 308 g/mol. The van der Waals surface area contributed by atoms with Crippen LogP contribution >= 0.6 is 0 Å². The maximum Gasteiger partial charge on any atom is 0.407 e. The van der Waals surface area contributed by atoms with Crippen LogP contribution < -0.4 is 15.4 Å². The van der Waals surface area contributed by atoms with E-state index in [1.54, 1.807) is 7.11 Å². The largest absolute Gasteiger partial charge is 0.497 e. The highest BCUT2D eigenvalue weighted by Gasteiger charge is 2.15. The lowest BCUT2D eigenvalue weighted by atomic mass is 10.1. The van der Waals surface area contributed by atoms with Crippen molar-refractivity contribution in [1.29, 1.82) is 0 Å². The van der Waals surface area contributed by atoms with Crippen molar-refractivity contribution in [2.75, 3.05) is 20.2 Å². The lowest BCUT2D eigenvalue weighted by Crippen LogP contribution is -2.34. The molecule has 1 amide bonds. The number of hydrogen-bond acceptors (Lipinski definition) is 4. The van der Waals surface area contributed by atoms with Crippen LogP contribution in [0.25, 0.3) is 0 Å². The van der Waals surface area contributed by atoms with Gasteiger partial charge in [-0.15, -0.1) is 0 Å². The number of benzene rings is 1. The molecule has 0 bridgehead atoms. The van der Waals surface area contributed by atoms with Gasteiger partial charge < -0.3 is 20.1 Å². The predicted octanol–water partition coefficient (Wildman–Crippen LogP) is 3.26. The van der Waals surface area contributed by atoms with E-state index in [2.05, 4.69) is 29.7 Å². The molecule has 0 aliphatic carbocycles. The molecule has 0 heterocycles. The molecule has 2 N–H and O–H groups in total. The Hall–Kier alpha value is -1.75. The van der Waals surface area contributed by atoms with E-state index in [0.717, 1.165) is 18.7 Å². The normalized spacial score (nSPS) is 12.6. The lowest BCUT2D eigenvalue weighted by molar-refractivity contribution is 0.0527. The maximum atomic E-state index is 11.5. The van der Waals surface area contributed by atoms with E-state index < -0.39 is 5.60 Å². The number of methoxy groups -OCH3 is 1. The quantitative estimate of drug-likeness (QED) is 0.759. The summed E-state index contributed by atoms with van der Waals surface area (Å²) in [6, 6.07) is 8.27. The zero-order chi connectivity index (χ0) is 16.6. The number of ether oxygens (including phenoxy) is 2. The summed E-state index contributed by atoms with van der Waals surface area (Å²) in [7, 11) is 1.66. The van der Waals surface area contributed by atoms with Crippen LogP contribution in [-0.2, 0) is 4.74 Å². The molecule has 124 valence electrons. The zero-order valence-corrected chi connectivity index (χ0v) is 14.2. The van der Waals surface area contributed by atoms with Crippen molar-refractivity contribution in [3.8, 4) is 5.75 Å². The summed E-state index contributed by atoms with van der Waals surface area (Å²) in [5, 5.41) is 6.18. The van der Waals surface area contributed by atoms with Gasteiger partial charge in [0, 0.05) is 12.6 Å². The monoisotopic (exact) mass is 308 g/mol. The van der Waals surface area contributed by atoms with Gasteiger partial charge in [0.2, 0.25) is 0 Å². The van der Waals surface area contributed by atoms with Crippen LogP contribution in [0.5, 0.6) is 5.75 Å². The Morgan fingerprint density at radius 3 is 2.36 bits per heavy atom. The molecular weight excluding hydrogens is 280 g/mol. The summed E-state index contributed by atoms with van der Waals surface area (Å²) in [6.07, 6.45) is 0.482. The number of nitrogens with one attached hydrogen (secondary N) is 2. The fourth-order valence-electron chi connectivity index (χ4n) is 1.92. The van der Waals surface area contributed by atoms with Crippen LogP contribution in [0.4, 0.5) is 4.79 Å². The van der Waals surface area contributed by atoms with Crippen molar-refractivity contribution < 1.29 is 14.3 Å². The molecule has 1 aromatic carbocycles. The second-order valence-corrected chi connectivity index (χ2v) is 6.23. The third kappa shape index (κ3) is 7.31. The molecule has 0 spiro atoms. The Kier molecular flexibility index (Phi) is 7.18. The molecule has 5 nitrogen and oxygen atoms in total. The van der Waals surface area contributed by atoms with E-state index in [1.165, 1.54) is 5.56 Å².